The SMILES string of the molecule is COC1CCCN(CC(O)Cn2nc(C)c(N)c2C)C1. The highest BCUT2D eigenvalue weighted by Gasteiger charge is 2.22. The fraction of sp³-hybridized carbons (Fsp3) is 0.786. The maximum Gasteiger partial charge on any atom is 0.0862 e. The molecule has 2 rings (SSSR count). The smallest absolute Gasteiger partial charge is 0.0862 e. The van der Waals surface area contributed by atoms with Gasteiger partial charge in [0.25, 0.3) is 0 Å². The first-order chi connectivity index (χ1) is 9.51. The minimum Gasteiger partial charge on any atom is -0.396 e. The van der Waals surface area contributed by atoms with Crippen LogP contribution >= 0.6 is 0 Å². The molecule has 6 nitrogen and oxygen atoms in total. The van der Waals surface area contributed by atoms with E-state index >= 15 is 0 Å². The van der Waals surface area contributed by atoms with Gasteiger partial charge >= 0.3 is 0 Å². The molecule has 0 aliphatic carbocycles. The van der Waals surface area contributed by atoms with Crippen molar-refractivity contribution in [2.24, 2.45) is 0 Å². The molecule has 2 atom stereocenters. The number of aliphatic hydroxyl groups is 1. The normalized spacial score (nSPS) is 22.1. The van der Waals surface area contributed by atoms with Crippen LogP contribution in [0.1, 0.15) is 24.2 Å². The van der Waals surface area contributed by atoms with Crippen LogP contribution in [0.5, 0.6) is 0 Å². The Labute approximate surface area is 120 Å². The third-order valence-electron chi connectivity index (χ3n) is 4.09. The van der Waals surface area contributed by atoms with E-state index in [2.05, 4.69) is 10.00 Å². The molecule has 2 unspecified atom stereocenters. The molecular weight excluding hydrogens is 256 g/mol. The number of nitrogens with zero attached hydrogens (tertiary/aromatic N) is 3. The number of aromatic nitrogens is 2. The summed E-state index contributed by atoms with van der Waals surface area (Å²) in [6.45, 7) is 6.88. The number of nitrogen functional groups attached to an aromatic ring is 1. The number of hydrogen-bond acceptors (Lipinski definition) is 5. The van der Waals surface area contributed by atoms with Crippen LogP contribution in [0, 0.1) is 13.8 Å². The number of anilines is 1. The fourth-order valence-corrected chi connectivity index (χ4v) is 2.82. The molecule has 1 aromatic heterocycles. The van der Waals surface area contributed by atoms with E-state index < -0.39 is 6.10 Å². The maximum atomic E-state index is 10.3. The van der Waals surface area contributed by atoms with Crippen LogP contribution in [0.4, 0.5) is 5.69 Å². The third-order valence-corrected chi connectivity index (χ3v) is 4.09. The summed E-state index contributed by atoms with van der Waals surface area (Å²) in [6.07, 6.45) is 2.08. The molecule has 3 N–H and O–H groups in total. The van der Waals surface area contributed by atoms with E-state index in [0.29, 0.717) is 19.2 Å². The van der Waals surface area contributed by atoms with E-state index in [9.17, 15) is 5.11 Å². The van der Waals surface area contributed by atoms with Crippen LogP contribution in [0.3, 0.4) is 0 Å². The van der Waals surface area contributed by atoms with Crippen molar-refractivity contribution in [1.29, 1.82) is 0 Å². The first-order valence-electron chi connectivity index (χ1n) is 7.24. The van der Waals surface area contributed by atoms with Crippen LogP contribution in [0.25, 0.3) is 0 Å². The molecule has 0 bridgehead atoms. The van der Waals surface area contributed by atoms with E-state index in [1.165, 1.54) is 0 Å². The number of β-amino-alcohol motifs (C(OH)–C–C–N with tert-alkyl or cyclic N) is 1. The highest BCUT2D eigenvalue weighted by Crippen LogP contribution is 2.16. The van der Waals surface area contributed by atoms with Gasteiger partial charge < -0.3 is 15.6 Å². The lowest BCUT2D eigenvalue weighted by Crippen LogP contribution is -2.43. The summed E-state index contributed by atoms with van der Waals surface area (Å²) >= 11 is 0. The Morgan fingerprint density at radius 3 is 2.80 bits per heavy atom. The zero-order chi connectivity index (χ0) is 14.7. The predicted molar refractivity (Wildman–Crippen MR) is 78.6 cm³/mol. The van der Waals surface area contributed by atoms with Gasteiger partial charge in [-0.3, -0.25) is 9.58 Å². The van der Waals surface area contributed by atoms with Crippen molar-refractivity contribution in [3.63, 3.8) is 0 Å². The Morgan fingerprint density at radius 2 is 2.20 bits per heavy atom. The van der Waals surface area contributed by atoms with Crippen LogP contribution < -0.4 is 5.73 Å². The third kappa shape index (κ3) is 3.50. The van der Waals surface area contributed by atoms with E-state index in [1.54, 1.807) is 11.8 Å². The molecule has 1 aliphatic heterocycles. The lowest BCUT2D eigenvalue weighted by Gasteiger charge is -2.33. The highest BCUT2D eigenvalue weighted by atomic mass is 16.5. The molecule has 1 aliphatic rings. The van der Waals surface area contributed by atoms with Crippen molar-refractivity contribution in [2.75, 3.05) is 32.5 Å². The van der Waals surface area contributed by atoms with Gasteiger partial charge in [0.1, 0.15) is 0 Å². The monoisotopic (exact) mass is 282 g/mol. The number of nitrogens with two attached hydrogens (primary N) is 1. The average molecular weight is 282 g/mol. The predicted octanol–water partition coefficient (Wildman–Crippen LogP) is 0.554. The molecule has 0 saturated carbocycles. The molecular formula is C14H26N4O2. The number of rotatable bonds is 5. The molecule has 0 aromatic carbocycles. The molecule has 1 aromatic rings. The Kier molecular flexibility index (Phi) is 5.01. The Balaban J connectivity index is 1.88. The van der Waals surface area contributed by atoms with Crippen LogP contribution in [-0.4, -0.2) is 58.7 Å². The fourth-order valence-electron chi connectivity index (χ4n) is 2.82. The molecule has 20 heavy (non-hydrogen) atoms. The lowest BCUT2D eigenvalue weighted by atomic mass is 10.1. The van der Waals surface area contributed by atoms with Gasteiger partial charge in [0.15, 0.2) is 0 Å². The Bertz CT molecular complexity index is 447. The number of aryl methyl sites for hydroxylation is 1. The number of likely N-dealkylation sites (tertiary alicyclic amines) is 1. The topological polar surface area (TPSA) is 76.5 Å². The number of aliphatic hydroxyl groups excluding tert-OH is 1. The van der Waals surface area contributed by atoms with Crippen LogP contribution in [0.2, 0.25) is 0 Å². The molecule has 1 fully saturated rings. The van der Waals surface area contributed by atoms with E-state index in [0.717, 1.165) is 43.0 Å². The molecule has 0 radical (unpaired) electrons. The quantitative estimate of drug-likeness (QED) is 0.825. The largest absolute Gasteiger partial charge is 0.396 e. The molecule has 1 saturated heterocycles. The van der Waals surface area contributed by atoms with Gasteiger partial charge in [0, 0.05) is 20.2 Å². The number of methoxy groups -OCH3 is 1. The van der Waals surface area contributed by atoms with Crippen molar-refractivity contribution in [3.8, 4) is 0 Å². The van der Waals surface area contributed by atoms with E-state index in [-0.39, 0.29) is 0 Å². The van der Waals surface area contributed by atoms with Crippen molar-refractivity contribution in [1.82, 2.24) is 14.7 Å². The Morgan fingerprint density at radius 1 is 1.45 bits per heavy atom. The van der Waals surface area contributed by atoms with Crippen molar-refractivity contribution < 1.29 is 9.84 Å². The second-order valence-electron chi connectivity index (χ2n) is 5.68. The minimum atomic E-state index is -0.442. The van der Waals surface area contributed by atoms with Crippen molar-refractivity contribution in [2.45, 2.75) is 45.4 Å². The molecule has 2 heterocycles. The molecule has 6 heteroatoms. The van der Waals surface area contributed by atoms with E-state index in [1.807, 2.05) is 13.8 Å². The summed E-state index contributed by atoms with van der Waals surface area (Å²) in [5, 5.41) is 14.6. The molecule has 114 valence electrons. The zero-order valence-electron chi connectivity index (χ0n) is 12.7. The van der Waals surface area contributed by atoms with E-state index in [4.69, 9.17) is 10.5 Å². The number of ether oxygens (including phenoxy) is 1. The summed E-state index contributed by atoms with van der Waals surface area (Å²) in [4.78, 5) is 2.26. The van der Waals surface area contributed by atoms with Gasteiger partial charge in [-0.05, 0) is 33.2 Å². The van der Waals surface area contributed by atoms with Gasteiger partial charge in [-0.2, -0.15) is 5.10 Å². The van der Waals surface area contributed by atoms with Gasteiger partial charge in [-0.25, -0.2) is 0 Å². The second-order valence-corrected chi connectivity index (χ2v) is 5.68. The van der Waals surface area contributed by atoms with Gasteiger partial charge in [-0.15, -0.1) is 0 Å². The van der Waals surface area contributed by atoms with Gasteiger partial charge in [0.05, 0.1) is 35.8 Å². The zero-order valence-corrected chi connectivity index (χ0v) is 12.7. The first-order valence-corrected chi connectivity index (χ1v) is 7.24. The second kappa shape index (κ2) is 6.56. The molecule has 0 spiro atoms. The summed E-state index contributed by atoms with van der Waals surface area (Å²) in [5.74, 6) is 0. The minimum absolute atomic E-state index is 0.292. The van der Waals surface area contributed by atoms with Crippen LogP contribution in [0.15, 0.2) is 0 Å². The standard InChI is InChI=1S/C14H26N4O2/c1-10-14(15)11(2)18(16-10)8-12(19)7-17-6-4-5-13(9-17)20-3/h12-13,19H,4-9,15H2,1-3H3. The number of hydrogen-bond donors (Lipinski definition) is 2. The van der Waals surface area contributed by atoms with Crippen molar-refractivity contribution >= 4 is 5.69 Å². The molecule has 0 amide bonds. The maximum absolute atomic E-state index is 10.3. The average Bonchev–Trinajstić information content (AvgIpc) is 2.66. The summed E-state index contributed by atoms with van der Waals surface area (Å²) in [5.41, 5.74) is 8.38. The van der Waals surface area contributed by atoms with Crippen molar-refractivity contribution in [3.05, 3.63) is 11.4 Å². The summed E-state index contributed by atoms with van der Waals surface area (Å²) < 4.78 is 7.20. The van der Waals surface area contributed by atoms with Gasteiger partial charge in [-0.1, -0.05) is 0 Å². The Hall–Kier alpha value is -1.11. The number of piperidine rings is 1. The summed E-state index contributed by atoms with van der Waals surface area (Å²) in [7, 11) is 1.75. The first kappa shape index (κ1) is 15.3. The lowest BCUT2D eigenvalue weighted by molar-refractivity contribution is 0.00970. The highest BCUT2D eigenvalue weighted by molar-refractivity contribution is 5.46. The van der Waals surface area contributed by atoms with Crippen LogP contribution in [-0.2, 0) is 11.3 Å². The summed E-state index contributed by atoms with van der Waals surface area (Å²) in [6, 6.07) is 0. The van der Waals surface area contributed by atoms with Gasteiger partial charge in [0.2, 0.25) is 0 Å².